The minimum atomic E-state index is -2.89. The lowest BCUT2D eigenvalue weighted by Gasteiger charge is -2.21. The molecule has 0 N–H and O–H groups in total. The Balaban J connectivity index is 1.22. The molecule has 2 aromatic carbocycles. The van der Waals surface area contributed by atoms with Crippen LogP contribution in [0.3, 0.4) is 0 Å². The summed E-state index contributed by atoms with van der Waals surface area (Å²) < 4.78 is 39.6. The molecule has 4 saturated carbocycles. The number of carbonyl (C=O) groups is 1. The fraction of sp³-hybridized carbons (Fsp3) is 0.450. The zero-order chi connectivity index (χ0) is 17.2. The highest BCUT2D eigenvalue weighted by Gasteiger charge is 2.92. The number of halogens is 2. The minimum Gasteiger partial charge on any atom is -0.489 e. The van der Waals surface area contributed by atoms with Crippen molar-refractivity contribution in [2.24, 2.45) is 23.2 Å². The van der Waals surface area contributed by atoms with Gasteiger partial charge in [-0.15, -0.1) is 0 Å². The predicted octanol–water partition coefficient (Wildman–Crippen LogP) is 4.05. The van der Waals surface area contributed by atoms with Gasteiger partial charge in [0, 0.05) is 11.3 Å². The Morgan fingerprint density at radius 1 is 1.04 bits per heavy atom. The number of esters is 1. The molecular formula is C20H18F2O3. The van der Waals surface area contributed by atoms with Crippen LogP contribution in [0.4, 0.5) is 8.78 Å². The number of fused-ring (bicyclic) bond motifs is 1. The highest BCUT2D eigenvalue weighted by atomic mass is 19.3. The number of ether oxygens (including phenoxy) is 2. The van der Waals surface area contributed by atoms with Gasteiger partial charge in [0.15, 0.2) is 0 Å². The van der Waals surface area contributed by atoms with Crippen LogP contribution in [0.15, 0.2) is 42.5 Å². The van der Waals surface area contributed by atoms with Crippen molar-refractivity contribution in [3.8, 4) is 5.75 Å². The predicted molar refractivity (Wildman–Crippen MR) is 87.5 cm³/mol. The molecule has 4 aliphatic rings. The van der Waals surface area contributed by atoms with Crippen molar-refractivity contribution in [3.05, 3.63) is 42.5 Å². The van der Waals surface area contributed by atoms with Gasteiger partial charge in [0.2, 0.25) is 0 Å². The molecule has 0 spiro atoms. The van der Waals surface area contributed by atoms with Crippen molar-refractivity contribution in [1.82, 2.24) is 0 Å². The maximum atomic E-state index is 14.3. The fourth-order valence-electron chi connectivity index (χ4n) is 5.24. The van der Waals surface area contributed by atoms with Crippen LogP contribution in [-0.4, -0.2) is 25.1 Å². The Morgan fingerprint density at radius 2 is 1.76 bits per heavy atom. The molecule has 0 aliphatic heterocycles. The molecule has 2 aromatic rings. The van der Waals surface area contributed by atoms with Crippen molar-refractivity contribution >= 4 is 16.7 Å². The molecule has 0 radical (unpaired) electrons. The standard InChI is InChI=1S/C20H18F2O3/c21-20(22)13-10-15-16(11-13)19(15,20)18(23)25-9-8-24-17-7-3-5-12-4-1-2-6-14(12)17/h1-7,13,15-16H,8-11H2. The van der Waals surface area contributed by atoms with E-state index in [1.165, 1.54) is 0 Å². The lowest BCUT2D eigenvalue weighted by Crippen LogP contribution is -2.37. The normalized spacial score (nSPS) is 33.4. The summed E-state index contributed by atoms with van der Waals surface area (Å²) in [5.41, 5.74) is -1.52. The molecule has 0 amide bonds. The molecule has 4 aliphatic carbocycles. The summed E-state index contributed by atoms with van der Waals surface area (Å²) >= 11 is 0. The summed E-state index contributed by atoms with van der Waals surface area (Å²) in [7, 11) is 0. The largest absolute Gasteiger partial charge is 0.489 e. The lowest BCUT2D eigenvalue weighted by molar-refractivity contribution is -0.168. The summed E-state index contributed by atoms with van der Waals surface area (Å²) in [6, 6.07) is 13.5. The van der Waals surface area contributed by atoms with Gasteiger partial charge in [0.25, 0.3) is 5.92 Å². The Kier molecular flexibility index (Phi) is 2.98. The maximum absolute atomic E-state index is 14.3. The molecule has 2 atom stereocenters. The van der Waals surface area contributed by atoms with Crippen LogP contribution < -0.4 is 4.74 Å². The van der Waals surface area contributed by atoms with Gasteiger partial charge in [0.05, 0.1) is 0 Å². The zero-order valence-corrected chi connectivity index (χ0v) is 13.6. The smallest absolute Gasteiger partial charge is 0.318 e. The second kappa shape index (κ2) is 4.93. The van der Waals surface area contributed by atoms with Gasteiger partial charge in [-0.1, -0.05) is 36.4 Å². The third kappa shape index (κ3) is 1.81. The highest BCUT2D eigenvalue weighted by molar-refractivity contribution is 5.88. The van der Waals surface area contributed by atoms with Gasteiger partial charge >= 0.3 is 5.97 Å². The van der Waals surface area contributed by atoms with Gasteiger partial charge in [-0.05, 0) is 36.1 Å². The molecule has 2 unspecified atom stereocenters. The molecule has 6 rings (SSSR count). The number of alkyl halides is 2. The van der Waals surface area contributed by atoms with Gasteiger partial charge in [-0.25, -0.2) is 8.78 Å². The maximum Gasteiger partial charge on any atom is 0.318 e. The monoisotopic (exact) mass is 344 g/mol. The van der Waals surface area contributed by atoms with Crippen molar-refractivity contribution in [1.29, 1.82) is 0 Å². The second-order valence-corrected chi connectivity index (χ2v) is 7.33. The third-order valence-corrected chi connectivity index (χ3v) is 6.35. The first-order valence-electron chi connectivity index (χ1n) is 8.72. The highest BCUT2D eigenvalue weighted by Crippen LogP contribution is 2.84. The van der Waals surface area contributed by atoms with E-state index in [4.69, 9.17) is 9.47 Å². The summed E-state index contributed by atoms with van der Waals surface area (Å²) in [5, 5.41) is 2.03. The molecular weight excluding hydrogens is 326 g/mol. The summed E-state index contributed by atoms with van der Waals surface area (Å²) in [5.74, 6) is -3.88. The average Bonchev–Trinajstić information content (AvgIpc) is 2.86. The van der Waals surface area contributed by atoms with Crippen LogP contribution in [-0.2, 0) is 9.53 Å². The van der Waals surface area contributed by atoms with Gasteiger partial charge in [0.1, 0.15) is 24.4 Å². The van der Waals surface area contributed by atoms with Crippen LogP contribution in [0.1, 0.15) is 12.8 Å². The van der Waals surface area contributed by atoms with E-state index in [1.54, 1.807) is 0 Å². The lowest BCUT2D eigenvalue weighted by atomic mass is 9.99. The van der Waals surface area contributed by atoms with Gasteiger partial charge in [-0.2, -0.15) is 0 Å². The summed E-state index contributed by atoms with van der Waals surface area (Å²) in [4.78, 5) is 12.3. The summed E-state index contributed by atoms with van der Waals surface area (Å²) in [6.07, 6.45) is 0.943. The van der Waals surface area contributed by atoms with E-state index in [-0.39, 0.29) is 25.0 Å². The molecule has 5 heteroatoms. The molecule has 0 heterocycles. The molecule has 4 fully saturated rings. The molecule has 3 nitrogen and oxygen atoms in total. The van der Waals surface area contributed by atoms with Gasteiger partial charge < -0.3 is 9.47 Å². The van der Waals surface area contributed by atoms with Crippen LogP contribution in [0.25, 0.3) is 10.8 Å². The van der Waals surface area contributed by atoms with Crippen molar-refractivity contribution < 1.29 is 23.0 Å². The number of carbonyl (C=O) groups excluding carboxylic acids is 1. The quantitative estimate of drug-likeness (QED) is 0.606. The molecule has 4 bridgehead atoms. The topological polar surface area (TPSA) is 35.5 Å². The van der Waals surface area contributed by atoms with Crippen LogP contribution >= 0.6 is 0 Å². The number of rotatable bonds is 5. The Morgan fingerprint density at radius 3 is 2.48 bits per heavy atom. The number of hydrogen-bond donors (Lipinski definition) is 0. The first-order valence-corrected chi connectivity index (χ1v) is 8.72. The molecule has 0 saturated heterocycles. The average molecular weight is 344 g/mol. The van der Waals surface area contributed by atoms with E-state index >= 15 is 0 Å². The third-order valence-electron chi connectivity index (χ3n) is 6.35. The van der Waals surface area contributed by atoms with E-state index in [0.29, 0.717) is 18.6 Å². The Bertz CT molecular complexity index is 846. The van der Waals surface area contributed by atoms with E-state index < -0.39 is 23.2 Å². The van der Waals surface area contributed by atoms with E-state index in [9.17, 15) is 13.6 Å². The van der Waals surface area contributed by atoms with Crippen LogP contribution in [0.5, 0.6) is 5.75 Å². The fourth-order valence-corrected chi connectivity index (χ4v) is 5.24. The van der Waals surface area contributed by atoms with Gasteiger partial charge in [-0.3, -0.25) is 4.79 Å². The first kappa shape index (κ1) is 15.1. The number of benzene rings is 2. The SMILES string of the molecule is O=C(OCCOc1cccc2ccccc12)C12C3CC(CC31)C2(F)F. The van der Waals surface area contributed by atoms with E-state index in [2.05, 4.69) is 0 Å². The Hall–Kier alpha value is -2.17. The second-order valence-electron chi connectivity index (χ2n) is 7.33. The molecule has 25 heavy (non-hydrogen) atoms. The summed E-state index contributed by atoms with van der Waals surface area (Å²) in [6.45, 7) is 0.143. The van der Waals surface area contributed by atoms with Crippen LogP contribution in [0, 0.1) is 23.2 Å². The van der Waals surface area contributed by atoms with Crippen molar-refractivity contribution in [3.63, 3.8) is 0 Å². The molecule has 130 valence electrons. The van der Waals surface area contributed by atoms with Crippen molar-refractivity contribution in [2.45, 2.75) is 18.8 Å². The van der Waals surface area contributed by atoms with Crippen molar-refractivity contribution in [2.75, 3.05) is 13.2 Å². The van der Waals surface area contributed by atoms with Crippen LogP contribution in [0.2, 0.25) is 0 Å². The minimum absolute atomic E-state index is 0.00993. The Labute approximate surface area is 143 Å². The van der Waals surface area contributed by atoms with E-state index in [1.807, 2.05) is 42.5 Å². The van der Waals surface area contributed by atoms with E-state index in [0.717, 1.165) is 10.8 Å². The zero-order valence-electron chi connectivity index (χ0n) is 13.6. The number of hydrogen-bond acceptors (Lipinski definition) is 3. The first-order chi connectivity index (χ1) is 12.1. The molecule has 0 aromatic heterocycles.